The van der Waals surface area contributed by atoms with E-state index in [0.717, 1.165) is 5.56 Å². The fourth-order valence-electron chi connectivity index (χ4n) is 1.97. The van der Waals surface area contributed by atoms with E-state index in [0.29, 0.717) is 13.1 Å². The molecule has 0 saturated carbocycles. The van der Waals surface area contributed by atoms with Gasteiger partial charge in [-0.25, -0.2) is 4.79 Å². The maximum atomic E-state index is 11.5. The third-order valence-corrected chi connectivity index (χ3v) is 2.87. The normalized spacial score (nSPS) is 21.2. The first kappa shape index (κ1) is 19.4. The zero-order chi connectivity index (χ0) is 10.9. The summed E-state index contributed by atoms with van der Waals surface area (Å²) >= 11 is 0. The number of amides is 2. The first-order valence-corrected chi connectivity index (χ1v) is 4.97. The molecule has 1 saturated heterocycles. The third kappa shape index (κ3) is 3.28. The Labute approximate surface area is 121 Å². The Morgan fingerprint density at radius 2 is 1.89 bits per heavy atom. The highest BCUT2D eigenvalue weighted by Crippen LogP contribution is 2.25. The second-order valence-electron chi connectivity index (χ2n) is 3.94. The molecule has 1 heterocycles. The van der Waals surface area contributed by atoms with Crippen LogP contribution in [0.5, 0.6) is 0 Å². The number of urea groups is 1. The molecule has 1 aromatic rings. The van der Waals surface area contributed by atoms with Crippen molar-refractivity contribution in [1.82, 2.24) is 10.2 Å². The van der Waals surface area contributed by atoms with Gasteiger partial charge in [-0.15, -0.1) is 24.8 Å². The minimum Gasteiger partial charge on any atom is -0.328 e. The SMILES string of the molecule is C.CN1CC(CN)(c2ccccc2)NC1=O.Cl.Cl. The van der Waals surface area contributed by atoms with Crippen LogP contribution in [0.2, 0.25) is 0 Å². The largest absolute Gasteiger partial charge is 0.328 e. The third-order valence-electron chi connectivity index (χ3n) is 2.87. The predicted molar refractivity (Wildman–Crippen MR) is 79.6 cm³/mol. The van der Waals surface area contributed by atoms with Gasteiger partial charge in [0, 0.05) is 13.6 Å². The van der Waals surface area contributed by atoms with Crippen LogP contribution in [-0.2, 0) is 5.54 Å². The van der Waals surface area contributed by atoms with E-state index in [1.54, 1.807) is 11.9 Å². The molecule has 0 spiro atoms. The van der Waals surface area contributed by atoms with Crippen LogP contribution in [0.3, 0.4) is 0 Å². The van der Waals surface area contributed by atoms with Crippen LogP contribution >= 0.6 is 24.8 Å². The molecular formula is C12H21Cl2N3O. The lowest BCUT2D eigenvalue weighted by Gasteiger charge is -2.27. The summed E-state index contributed by atoms with van der Waals surface area (Å²) in [6.07, 6.45) is 0. The van der Waals surface area contributed by atoms with Crippen LogP contribution in [-0.4, -0.2) is 31.1 Å². The number of nitrogens with zero attached hydrogens (tertiary/aromatic N) is 1. The van der Waals surface area contributed by atoms with Gasteiger partial charge in [-0.05, 0) is 5.56 Å². The Kier molecular flexibility index (Phi) is 8.03. The van der Waals surface area contributed by atoms with Gasteiger partial charge in [-0.2, -0.15) is 0 Å². The Morgan fingerprint density at radius 3 is 2.28 bits per heavy atom. The highest BCUT2D eigenvalue weighted by molar-refractivity contribution is 5.85. The number of nitrogens with one attached hydrogen (secondary N) is 1. The molecule has 1 aliphatic rings. The van der Waals surface area contributed by atoms with E-state index < -0.39 is 5.54 Å². The molecule has 2 amide bonds. The highest BCUT2D eigenvalue weighted by Gasteiger charge is 2.41. The number of hydrogen-bond acceptors (Lipinski definition) is 2. The second kappa shape index (κ2) is 7.46. The molecule has 3 N–H and O–H groups in total. The summed E-state index contributed by atoms with van der Waals surface area (Å²) in [6.45, 7) is 1.03. The van der Waals surface area contributed by atoms with Crippen molar-refractivity contribution in [2.45, 2.75) is 13.0 Å². The Hall–Kier alpha value is -0.970. The Morgan fingerprint density at radius 1 is 1.33 bits per heavy atom. The first-order chi connectivity index (χ1) is 7.18. The van der Waals surface area contributed by atoms with Crippen molar-refractivity contribution < 1.29 is 4.79 Å². The second-order valence-corrected chi connectivity index (χ2v) is 3.94. The minimum atomic E-state index is -0.424. The Bertz CT molecular complexity index is 375. The summed E-state index contributed by atoms with van der Waals surface area (Å²) in [5.41, 5.74) is 6.42. The number of benzene rings is 1. The summed E-state index contributed by atoms with van der Waals surface area (Å²) in [7, 11) is 1.77. The number of likely N-dealkylation sites (N-methyl/N-ethyl adjacent to an activating group) is 1. The molecule has 0 aromatic heterocycles. The van der Waals surface area contributed by atoms with Gasteiger partial charge in [0.15, 0.2) is 0 Å². The van der Waals surface area contributed by atoms with Gasteiger partial charge < -0.3 is 16.0 Å². The van der Waals surface area contributed by atoms with Gasteiger partial charge in [0.1, 0.15) is 0 Å². The summed E-state index contributed by atoms with van der Waals surface area (Å²) < 4.78 is 0. The van der Waals surface area contributed by atoms with E-state index in [9.17, 15) is 4.79 Å². The van der Waals surface area contributed by atoms with Crippen LogP contribution in [0.25, 0.3) is 0 Å². The Balaban J connectivity index is 0. The van der Waals surface area contributed by atoms with Crippen LogP contribution in [0.1, 0.15) is 13.0 Å². The molecule has 1 aliphatic heterocycles. The maximum Gasteiger partial charge on any atom is 0.318 e. The van der Waals surface area contributed by atoms with Crippen molar-refractivity contribution in [3.63, 3.8) is 0 Å². The predicted octanol–water partition coefficient (Wildman–Crippen LogP) is 1.98. The summed E-state index contributed by atoms with van der Waals surface area (Å²) in [5, 5.41) is 2.95. The molecule has 18 heavy (non-hydrogen) atoms. The van der Waals surface area contributed by atoms with Crippen LogP contribution in [0.15, 0.2) is 30.3 Å². The van der Waals surface area contributed by atoms with E-state index >= 15 is 0 Å². The van der Waals surface area contributed by atoms with E-state index in [-0.39, 0.29) is 38.3 Å². The van der Waals surface area contributed by atoms with Gasteiger partial charge in [-0.1, -0.05) is 37.8 Å². The molecule has 2 rings (SSSR count). The summed E-state index contributed by atoms with van der Waals surface area (Å²) in [6, 6.07) is 9.78. The fraction of sp³-hybridized carbons (Fsp3) is 0.417. The summed E-state index contributed by atoms with van der Waals surface area (Å²) in [5.74, 6) is 0. The smallest absolute Gasteiger partial charge is 0.318 e. The number of halogens is 2. The lowest BCUT2D eigenvalue weighted by atomic mass is 9.91. The highest BCUT2D eigenvalue weighted by atomic mass is 35.5. The molecule has 0 bridgehead atoms. The van der Waals surface area contributed by atoms with Crippen LogP contribution < -0.4 is 11.1 Å². The van der Waals surface area contributed by atoms with Gasteiger partial charge >= 0.3 is 6.03 Å². The molecule has 104 valence electrons. The quantitative estimate of drug-likeness (QED) is 0.876. The molecular weight excluding hydrogens is 273 g/mol. The number of rotatable bonds is 2. The molecule has 4 nitrogen and oxygen atoms in total. The number of carbonyl (C=O) groups excluding carboxylic acids is 1. The average molecular weight is 294 g/mol. The lowest BCUT2D eigenvalue weighted by molar-refractivity contribution is 0.226. The monoisotopic (exact) mass is 293 g/mol. The minimum absolute atomic E-state index is 0. The van der Waals surface area contributed by atoms with Crippen molar-refractivity contribution in [2.75, 3.05) is 20.1 Å². The zero-order valence-corrected chi connectivity index (χ0v) is 11.2. The number of nitrogens with two attached hydrogens (primary N) is 1. The lowest BCUT2D eigenvalue weighted by Crippen LogP contribution is -2.46. The maximum absolute atomic E-state index is 11.5. The van der Waals surface area contributed by atoms with Gasteiger partial charge in [0.25, 0.3) is 0 Å². The van der Waals surface area contributed by atoms with Gasteiger partial charge in [0.05, 0.1) is 12.1 Å². The van der Waals surface area contributed by atoms with Crippen molar-refractivity contribution in [1.29, 1.82) is 0 Å². The molecule has 6 heteroatoms. The molecule has 1 atom stereocenters. The molecule has 1 unspecified atom stereocenters. The van der Waals surface area contributed by atoms with Crippen molar-refractivity contribution in [3.8, 4) is 0 Å². The fourth-order valence-corrected chi connectivity index (χ4v) is 1.97. The number of hydrogen-bond donors (Lipinski definition) is 2. The van der Waals surface area contributed by atoms with Crippen molar-refractivity contribution in [3.05, 3.63) is 35.9 Å². The molecule has 0 radical (unpaired) electrons. The van der Waals surface area contributed by atoms with Crippen molar-refractivity contribution in [2.24, 2.45) is 5.73 Å². The molecule has 0 aliphatic carbocycles. The van der Waals surface area contributed by atoms with E-state index in [2.05, 4.69) is 5.32 Å². The average Bonchev–Trinajstić information content (AvgIpc) is 2.57. The topological polar surface area (TPSA) is 58.4 Å². The zero-order valence-electron chi connectivity index (χ0n) is 9.55. The standard InChI is InChI=1S/C11H15N3O.CH4.2ClH/c1-14-8-11(7-12,13-10(14)15)9-5-3-2-4-6-9;;;/h2-6H,7-8,12H2,1H3,(H,13,15);1H4;2*1H. The van der Waals surface area contributed by atoms with Crippen molar-refractivity contribution >= 4 is 30.8 Å². The van der Waals surface area contributed by atoms with E-state index in [1.807, 2.05) is 30.3 Å². The van der Waals surface area contributed by atoms with E-state index in [4.69, 9.17) is 5.73 Å². The van der Waals surface area contributed by atoms with Crippen LogP contribution in [0, 0.1) is 0 Å². The molecule has 1 fully saturated rings. The van der Waals surface area contributed by atoms with Gasteiger partial charge in [0.2, 0.25) is 0 Å². The van der Waals surface area contributed by atoms with Gasteiger partial charge in [-0.3, -0.25) is 0 Å². The number of carbonyl (C=O) groups is 1. The molecule has 1 aromatic carbocycles. The first-order valence-electron chi connectivity index (χ1n) is 4.97. The van der Waals surface area contributed by atoms with Crippen LogP contribution in [0.4, 0.5) is 4.79 Å². The van der Waals surface area contributed by atoms with E-state index in [1.165, 1.54) is 0 Å². The summed E-state index contributed by atoms with van der Waals surface area (Å²) in [4.78, 5) is 13.1.